The quantitative estimate of drug-likeness (QED) is 0.625. The molecular formula is C15H22N4O. The fraction of sp³-hybridized carbons (Fsp3) is 0.400. The number of hydrazine groups is 1. The molecule has 0 fully saturated rings. The van der Waals surface area contributed by atoms with Crippen LogP contribution in [-0.2, 0) is 7.05 Å². The highest BCUT2D eigenvalue weighted by molar-refractivity contribution is 5.42. The summed E-state index contributed by atoms with van der Waals surface area (Å²) < 4.78 is 7.66. The van der Waals surface area contributed by atoms with Crippen molar-refractivity contribution in [1.29, 1.82) is 0 Å². The summed E-state index contributed by atoms with van der Waals surface area (Å²) >= 11 is 0. The van der Waals surface area contributed by atoms with Crippen LogP contribution in [0.25, 0.3) is 0 Å². The molecule has 1 unspecified atom stereocenters. The van der Waals surface area contributed by atoms with Gasteiger partial charge in [-0.2, -0.15) is 5.10 Å². The highest BCUT2D eigenvalue weighted by atomic mass is 16.5. The molecule has 0 saturated carbocycles. The fourth-order valence-corrected chi connectivity index (χ4v) is 2.21. The van der Waals surface area contributed by atoms with E-state index in [2.05, 4.69) is 17.4 Å². The molecule has 3 N–H and O–H groups in total. The van der Waals surface area contributed by atoms with Crippen LogP contribution in [0, 0.1) is 6.92 Å². The highest BCUT2D eigenvalue weighted by Crippen LogP contribution is 2.30. The van der Waals surface area contributed by atoms with Crippen LogP contribution in [0.3, 0.4) is 0 Å². The van der Waals surface area contributed by atoms with E-state index in [0.717, 1.165) is 29.0 Å². The Kier molecular flexibility index (Phi) is 4.76. The van der Waals surface area contributed by atoms with Crippen molar-refractivity contribution in [3.05, 3.63) is 47.3 Å². The maximum atomic E-state index is 5.81. The Morgan fingerprint density at radius 1 is 1.35 bits per heavy atom. The lowest BCUT2D eigenvalue weighted by Crippen LogP contribution is -2.29. The predicted octanol–water partition coefficient (Wildman–Crippen LogP) is 2.07. The normalized spacial score (nSPS) is 12.4. The molecule has 0 spiro atoms. The SMILES string of the molecule is CCCOc1ccccc1C(NN)c1cnn(C)c1C. The summed E-state index contributed by atoms with van der Waals surface area (Å²) in [5.74, 6) is 6.63. The van der Waals surface area contributed by atoms with Crippen molar-refractivity contribution in [2.24, 2.45) is 12.9 Å². The summed E-state index contributed by atoms with van der Waals surface area (Å²) in [5.41, 5.74) is 6.04. The van der Waals surface area contributed by atoms with E-state index < -0.39 is 0 Å². The second-order valence-corrected chi connectivity index (χ2v) is 4.79. The zero-order valence-electron chi connectivity index (χ0n) is 12.3. The first-order chi connectivity index (χ1) is 9.69. The van der Waals surface area contributed by atoms with Crippen molar-refractivity contribution in [2.75, 3.05) is 6.61 Å². The average Bonchev–Trinajstić information content (AvgIpc) is 2.79. The zero-order valence-corrected chi connectivity index (χ0v) is 12.3. The maximum Gasteiger partial charge on any atom is 0.124 e. The van der Waals surface area contributed by atoms with E-state index in [4.69, 9.17) is 10.6 Å². The molecule has 0 radical (unpaired) electrons. The number of nitrogens with zero attached hydrogens (tertiary/aromatic N) is 2. The summed E-state index contributed by atoms with van der Waals surface area (Å²) in [7, 11) is 1.92. The van der Waals surface area contributed by atoms with E-state index in [1.54, 1.807) is 0 Å². The van der Waals surface area contributed by atoms with E-state index in [1.165, 1.54) is 0 Å². The van der Waals surface area contributed by atoms with Gasteiger partial charge in [-0.1, -0.05) is 25.1 Å². The number of rotatable bonds is 6. The van der Waals surface area contributed by atoms with Gasteiger partial charge in [-0.25, -0.2) is 5.43 Å². The van der Waals surface area contributed by atoms with Gasteiger partial charge < -0.3 is 4.74 Å². The molecule has 1 aromatic carbocycles. The van der Waals surface area contributed by atoms with Crippen LogP contribution < -0.4 is 16.0 Å². The van der Waals surface area contributed by atoms with Crippen LogP contribution in [0.4, 0.5) is 0 Å². The summed E-state index contributed by atoms with van der Waals surface area (Å²) in [6, 6.07) is 7.84. The van der Waals surface area contributed by atoms with E-state index in [-0.39, 0.29) is 6.04 Å². The maximum absolute atomic E-state index is 5.81. The van der Waals surface area contributed by atoms with Crippen LogP contribution in [0.2, 0.25) is 0 Å². The lowest BCUT2D eigenvalue weighted by atomic mass is 9.99. The third-order valence-corrected chi connectivity index (χ3v) is 3.44. The molecule has 0 aliphatic rings. The number of ether oxygens (including phenoxy) is 1. The molecule has 1 heterocycles. The molecular weight excluding hydrogens is 252 g/mol. The third-order valence-electron chi connectivity index (χ3n) is 3.44. The average molecular weight is 274 g/mol. The van der Waals surface area contributed by atoms with Crippen molar-refractivity contribution in [3.63, 3.8) is 0 Å². The van der Waals surface area contributed by atoms with Crippen molar-refractivity contribution in [1.82, 2.24) is 15.2 Å². The number of aryl methyl sites for hydroxylation is 1. The van der Waals surface area contributed by atoms with E-state index in [0.29, 0.717) is 6.61 Å². The smallest absolute Gasteiger partial charge is 0.124 e. The van der Waals surface area contributed by atoms with Gasteiger partial charge in [-0.3, -0.25) is 10.5 Å². The molecule has 20 heavy (non-hydrogen) atoms. The van der Waals surface area contributed by atoms with Gasteiger partial charge >= 0.3 is 0 Å². The van der Waals surface area contributed by atoms with Gasteiger partial charge in [-0.05, 0) is 19.4 Å². The second-order valence-electron chi connectivity index (χ2n) is 4.79. The third kappa shape index (κ3) is 2.84. The fourth-order valence-electron chi connectivity index (χ4n) is 2.21. The number of benzene rings is 1. The topological polar surface area (TPSA) is 65.1 Å². The minimum absolute atomic E-state index is 0.128. The van der Waals surface area contributed by atoms with E-state index in [1.807, 2.05) is 49.1 Å². The van der Waals surface area contributed by atoms with E-state index in [9.17, 15) is 0 Å². The summed E-state index contributed by atoms with van der Waals surface area (Å²) in [5, 5.41) is 4.28. The lowest BCUT2D eigenvalue weighted by molar-refractivity contribution is 0.311. The Morgan fingerprint density at radius 2 is 2.10 bits per heavy atom. The highest BCUT2D eigenvalue weighted by Gasteiger charge is 2.20. The Hall–Kier alpha value is -1.85. The van der Waals surface area contributed by atoms with Gasteiger partial charge in [0.05, 0.1) is 18.8 Å². The van der Waals surface area contributed by atoms with Crippen LogP contribution in [0.15, 0.2) is 30.5 Å². The van der Waals surface area contributed by atoms with Gasteiger partial charge in [0.25, 0.3) is 0 Å². The molecule has 108 valence electrons. The lowest BCUT2D eigenvalue weighted by Gasteiger charge is -2.19. The molecule has 0 aliphatic carbocycles. The largest absolute Gasteiger partial charge is 0.493 e. The van der Waals surface area contributed by atoms with Crippen LogP contribution in [0.5, 0.6) is 5.75 Å². The molecule has 0 saturated heterocycles. The second kappa shape index (κ2) is 6.54. The predicted molar refractivity (Wildman–Crippen MR) is 79.3 cm³/mol. The number of para-hydroxylation sites is 1. The van der Waals surface area contributed by atoms with Gasteiger partial charge in [-0.15, -0.1) is 0 Å². The molecule has 0 aliphatic heterocycles. The van der Waals surface area contributed by atoms with Crippen molar-refractivity contribution >= 4 is 0 Å². The Morgan fingerprint density at radius 3 is 2.70 bits per heavy atom. The molecule has 0 bridgehead atoms. The summed E-state index contributed by atoms with van der Waals surface area (Å²) in [6.07, 6.45) is 2.82. The minimum Gasteiger partial charge on any atom is -0.493 e. The monoisotopic (exact) mass is 274 g/mol. The van der Waals surface area contributed by atoms with E-state index >= 15 is 0 Å². The molecule has 2 aromatic rings. The van der Waals surface area contributed by atoms with Gasteiger partial charge in [0.15, 0.2) is 0 Å². The first-order valence-electron chi connectivity index (χ1n) is 6.85. The Balaban J connectivity index is 2.39. The molecule has 2 rings (SSSR count). The molecule has 0 amide bonds. The van der Waals surface area contributed by atoms with Crippen molar-refractivity contribution < 1.29 is 4.74 Å². The number of nitrogens with one attached hydrogen (secondary N) is 1. The van der Waals surface area contributed by atoms with Gasteiger partial charge in [0.1, 0.15) is 5.75 Å². The Labute approximate surface area is 119 Å². The first-order valence-corrected chi connectivity index (χ1v) is 6.85. The number of aromatic nitrogens is 2. The zero-order chi connectivity index (χ0) is 14.5. The molecule has 5 nitrogen and oxygen atoms in total. The minimum atomic E-state index is -0.128. The number of hydrogen-bond acceptors (Lipinski definition) is 4. The number of nitrogens with two attached hydrogens (primary N) is 1. The van der Waals surface area contributed by atoms with Gasteiger partial charge in [0, 0.05) is 23.9 Å². The van der Waals surface area contributed by atoms with Crippen LogP contribution >= 0.6 is 0 Å². The van der Waals surface area contributed by atoms with Crippen molar-refractivity contribution in [3.8, 4) is 5.75 Å². The van der Waals surface area contributed by atoms with Gasteiger partial charge in [0.2, 0.25) is 0 Å². The van der Waals surface area contributed by atoms with Crippen LogP contribution in [-0.4, -0.2) is 16.4 Å². The molecule has 1 aromatic heterocycles. The van der Waals surface area contributed by atoms with Crippen molar-refractivity contribution in [2.45, 2.75) is 26.3 Å². The summed E-state index contributed by atoms with van der Waals surface area (Å²) in [6.45, 7) is 4.81. The summed E-state index contributed by atoms with van der Waals surface area (Å²) in [4.78, 5) is 0. The van der Waals surface area contributed by atoms with Crippen LogP contribution in [0.1, 0.15) is 36.2 Å². The molecule has 5 heteroatoms. The standard InChI is InChI=1S/C15H22N4O/c1-4-9-20-14-8-6-5-7-12(14)15(18-16)13-10-17-19(3)11(13)2/h5-8,10,15,18H,4,9,16H2,1-3H3. The Bertz CT molecular complexity index is 565. The number of hydrogen-bond donors (Lipinski definition) is 2. The molecule has 1 atom stereocenters. The first kappa shape index (κ1) is 14.6.